The van der Waals surface area contributed by atoms with Crippen molar-refractivity contribution in [2.75, 3.05) is 0 Å². The highest BCUT2D eigenvalue weighted by atomic mass is 35.7. The Kier molecular flexibility index (Phi) is 4.60. The number of hydrogen-bond donors (Lipinski definition) is 0. The Balaban J connectivity index is 1.94. The van der Waals surface area contributed by atoms with Crippen molar-refractivity contribution in [1.29, 1.82) is 0 Å². The van der Waals surface area contributed by atoms with Crippen molar-refractivity contribution in [3.05, 3.63) is 71.8 Å². The van der Waals surface area contributed by atoms with Crippen molar-refractivity contribution >= 4 is 18.0 Å². The number of halogens is 1. The minimum Gasteiger partial charge on any atom is -0.312 e. The van der Waals surface area contributed by atoms with E-state index in [2.05, 4.69) is 0 Å². The fraction of sp³-hybridized carbons (Fsp3) is 0.143. The largest absolute Gasteiger partial charge is 0.312 e. The van der Waals surface area contributed by atoms with Gasteiger partial charge in [0.1, 0.15) is 0 Å². The molecule has 2 rings (SSSR count). The van der Waals surface area contributed by atoms with Crippen LogP contribution in [0.5, 0.6) is 0 Å². The molecule has 94 valence electrons. The lowest BCUT2D eigenvalue weighted by atomic mass is 10.2. The Labute approximate surface area is 112 Å². The SMILES string of the molecule is O=P(Cl)(Cc1ccccc1)OCc1ccccc1. The van der Waals surface area contributed by atoms with Crippen molar-refractivity contribution in [3.63, 3.8) is 0 Å². The van der Waals surface area contributed by atoms with Crippen LogP contribution in [0.25, 0.3) is 0 Å². The molecule has 18 heavy (non-hydrogen) atoms. The van der Waals surface area contributed by atoms with Crippen molar-refractivity contribution < 1.29 is 9.09 Å². The summed E-state index contributed by atoms with van der Waals surface area (Å²) in [4.78, 5) is 0. The van der Waals surface area contributed by atoms with E-state index in [4.69, 9.17) is 15.8 Å². The van der Waals surface area contributed by atoms with E-state index in [9.17, 15) is 4.57 Å². The Morgan fingerprint density at radius 2 is 1.39 bits per heavy atom. The summed E-state index contributed by atoms with van der Waals surface area (Å²) in [6, 6.07) is 19.1. The molecule has 2 nitrogen and oxygen atoms in total. The highest BCUT2D eigenvalue weighted by Crippen LogP contribution is 2.55. The summed E-state index contributed by atoms with van der Waals surface area (Å²) >= 11 is 5.95. The van der Waals surface area contributed by atoms with Crippen LogP contribution in [0.3, 0.4) is 0 Å². The van der Waals surface area contributed by atoms with Crippen molar-refractivity contribution in [2.24, 2.45) is 0 Å². The molecule has 2 aromatic rings. The summed E-state index contributed by atoms with van der Waals surface area (Å²) in [5, 5.41) is 0. The van der Waals surface area contributed by atoms with Crippen LogP contribution in [0.15, 0.2) is 60.7 Å². The van der Waals surface area contributed by atoms with Gasteiger partial charge in [0.15, 0.2) is 0 Å². The van der Waals surface area contributed by atoms with E-state index in [1.54, 1.807) is 0 Å². The molecule has 0 aliphatic rings. The Hall–Kier alpha value is -1.08. The van der Waals surface area contributed by atoms with Crippen LogP contribution >= 0.6 is 18.0 Å². The average molecular weight is 281 g/mol. The fourth-order valence-corrected chi connectivity index (χ4v) is 3.23. The molecule has 0 saturated carbocycles. The van der Waals surface area contributed by atoms with Crippen LogP contribution in [-0.2, 0) is 21.9 Å². The highest BCUT2D eigenvalue weighted by molar-refractivity contribution is 7.84. The van der Waals surface area contributed by atoms with Gasteiger partial charge in [-0.05, 0) is 22.4 Å². The lowest BCUT2D eigenvalue weighted by molar-refractivity contribution is 0.313. The molecule has 4 heteroatoms. The average Bonchev–Trinajstić information content (AvgIpc) is 2.38. The van der Waals surface area contributed by atoms with Gasteiger partial charge in [0.25, 0.3) is 6.72 Å². The van der Waals surface area contributed by atoms with Crippen molar-refractivity contribution in [2.45, 2.75) is 12.8 Å². The molecule has 1 atom stereocenters. The number of benzene rings is 2. The predicted molar refractivity (Wildman–Crippen MR) is 74.8 cm³/mol. The summed E-state index contributed by atoms with van der Waals surface area (Å²) in [6.07, 6.45) is 0.252. The third kappa shape index (κ3) is 4.30. The molecular weight excluding hydrogens is 267 g/mol. The zero-order valence-corrected chi connectivity index (χ0v) is 11.5. The first-order valence-electron chi connectivity index (χ1n) is 5.67. The summed E-state index contributed by atoms with van der Waals surface area (Å²) in [5.74, 6) is 0. The van der Waals surface area contributed by atoms with E-state index in [0.717, 1.165) is 11.1 Å². The molecular formula is C14H14ClO2P. The first-order valence-corrected chi connectivity index (χ1v) is 8.38. The first-order chi connectivity index (χ1) is 8.66. The second-order valence-electron chi connectivity index (χ2n) is 3.99. The summed E-state index contributed by atoms with van der Waals surface area (Å²) in [7, 11) is 0. The molecule has 0 fully saturated rings. The maximum atomic E-state index is 12.1. The third-order valence-corrected chi connectivity index (χ3v) is 4.39. The molecule has 1 unspecified atom stereocenters. The van der Waals surface area contributed by atoms with Crippen LogP contribution in [0.1, 0.15) is 11.1 Å². The fourth-order valence-electron chi connectivity index (χ4n) is 1.59. The number of hydrogen-bond acceptors (Lipinski definition) is 2. The van der Waals surface area contributed by atoms with E-state index in [1.165, 1.54) is 0 Å². The summed E-state index contributed by atoms with van der Waals surface area (Å²) < 4.78 is 17.4. The van der Waals surface area contributed by atoms with Gasteiger partial charge in [-0.15, -0.1) is 0 Å². The quantitative estimate of drug-likeness (QED) is 0.733. The van der Waals surface area contributed by atoms with Gasteiger partial charge in [-0.2, -0.15) is 0 Å². The Morgan fingerprint density at radius 1 is 0.889 bits per heavy atom. The van der Waals surface area contributed by atoms with Gasteiger partial charge < -0.3 is 4.52 Å². The summed E-state index contributed by atoms with van der Waals surface area (Å²) in [6.45, 7) is -2.84. The zero-order valence-electron chi connectivity index (χ0n) is 9.83. The Morgan fingerprint density at radius 3 is 1.94 bits per heavy atom. The van der Waals surface area contributed by atoms with Gasteiger partial charge in [0.2, 0.25) is 0 Å². The van der Waals surface area contributed by atoms with Crippen LogP contribution in [0, 0.1) is 0 Å². The van der Waals surface area contributed by atoms with Crippen LogP contribution < -0.4 is 0 Å². The van der Waals surface area contributed by atoms with Gasteiger partial charge in [0.05, 0.1) is 12.8 Å². The predicted octanol–water partition coefficient (Wildman–Crippen LogP) is 4.84. The Bertz CT molecular complexity index is 528. The molecule has 0 amide bonds. The molecule has 0 aliphatic heterocycles. The minimum absolute atomic E-state index is 0.252. The maximum Gasteiger partial charge on any atom is 0.294 e. The van der Waals surface area contributed by atoms with E-state index in [1.807, 2.05) is 60.7 Å². The molecule has 0 heterocycles. The second kappa shape index (κ2) is 6.19. The van der Waals surface area contributed by atoms with Crippen LogP contribution in [-0.4, -0.2) is 0 Å². The standard InChI is InChI=1S/C14H14ClO2P/c15-18(16,12-14-9-5-2-6-10-14)17-11-13-7-3-1-4-8-13/h1-10H,11-12H2. The molecule has 0 saturated heterocycles. The zero-order chi connectivity index (χ0) is 12.8. The maximum absolute atomic E-state index is 12.1. The lowest BCUT2D eigenvalue weighted by Crippen LogP contribution is -1.91. The highest BCUT2D eigenvalue weighted by Gasteiger charge is 2.20. The lowest BCUT2D eigenvalue weighted by Gasteiger charge is -2.11. The second-order valence-corrected chi connectivity index (χ2v) is 7.29. The molecule has 2 aromatic carbocycles. The molecule has 0 spiro atoms. The molecule has 0 radical (unpaired) electrons. The molecule has 0 N–H and O–H groups in total. The van der Waals surface area contributed by atoms with Gasteiger partial charge in [-0.1, -0.05) is 60.7 Å². The van der Waals surface area contributed by atoms with Gasteiger partial charge in [-0.25, -0.2) is 0 Å². The number of rotatable bonds is 5. The topological polar surface area (TPSA) is 26.3 Å². The van der Waals surface area contributed by atoms with E-state index < -0.39 is 6.72 Å². The van der Waals surface area contributed by atoms with Crippen LogP contribution in [0.2, 0.25) is 0 Å². The van der Waals surface area contributed by atoms with E-state index in [-0.39, 0.29) is 12.8 Å². The van der Waals surface area contributed by atoms with Crippen molar-refractivity contribution in [1.82, 2.24) is 0 Å². The van der Waals surface area contributed by atoms with Gasteiger partial charge >= 0.3 is 0 Å². The van der Waals surface area contributed by atoms with Crippen molar-refractivity contribution in [3.8, 4) is 0 Å². The van der Waals surface area contributed by atoms with E-state index in [0.29, 0.717) is 0 Å². The van der Waals surface area contributed by atoms with Gasteiger partial charge in [-0.3, -0.25) is 4.57 Å². The molecule has 0 aromatic heterocycles. The normalized spacial score (nSPS) is 14.1. The van der Waals surface area contributed by atoms with Crippen LogP contribution in [0.4, 0.5) is 0 Å². The molecule has 0 bridgehead atoms. The van der Waals surface area contributed by atoms with Gasteiger partial charge in [0, 0.05) is 0 Å². The first kappa shape index (κ1) is 13.4. The monoisotopic (exact) mass is 280 g/mol. The minimum atomic E-state index is -3.11. The summed E-state index contributed by atoms with van der Waals surface area (Å²) in [5.41, 5.74) is 1.88. The smallest absolute Gasteiger partial charge is 0.294 e. The third-order valence-electron chi connectivity index (χ3n) is 2.48. The van der Waals surface area contributed by atoms with E-state index >= 15 is 0 Å². The molecule has 0 aliphatic carbocycles.